The molecule has 0 aliphatic heterocycles. The number of hydrogen-bond donors (Lipinski definition) is 4. The smallest absolute Gasteiger partial charge is 0.255 e. The van der Waals surface area contributed by atoms with Gasteiger partial charge in [0.25, 0.3) is 5.91 Å². The van der Waals surface area contributed by atoms with Crippen molar-refractivity contribution in [2.24, 2.45) is 5.92 Å². The van der Waals surface area contributed by atoms with Gasteiger partial charge in [-0.1, -0.05) is 6.92 Å². The van der Waals surface area contributed by atoms with Crippen LogP contribution in [0.15, 0.2) is 36.7 Å². The van der Waals surface area contributed by atoms with Crippen molar-refractivity contribution in [2.75, 3.05) is 18.4 Å². The molecule has 1 fully saturated rings. The zero-order valence-electron chi connectivity index (χ0n) is 22.4. The fraction of sp³-hybridized carbons (Fsp3) is 0.464. The Bertz CT molecular complexity index is 1390. The maximum absolute atomic E-state index is 14.3. The molecule has 2 amide bonds. The van der Waals surface area contributed by atoms with Crippen LogP contribution in [0.25, 0.3) is 16.9 Å². The first-order valence-corrected chi connectivity index (χ1v) is 13.1. The first-order valence-electron chi connectivity index (χ1n) is 13.1. The Kier molecular flexibility index (Phi) is 8.45. The lowest BCUT2D eigenvalue weighted by atomic mass is 9.80. The van der Waals surface area contributed by atoms with Crippen molar-refractivity contribution in [3.8, 4) is 17.5 Å². The summed E-state index contributed by atoms with van der Waals surface area (Å²) in [6.07, 6.45) is 4.24. The summed E-state index contributed by atoms with van der Waals surface area (Å²) >= 11 is 0. The van der Waals surface area contributed by atoms with Crippen LogP contribution in [0.3, 0.4) is 0 Å². The standard InChI is InChI=1S/C28H34FN7O3/c1-4-5-26(37)32-13-17-8-19(9-17)35-22-11-23(24-7-6-20-10-18(12-30)14-34-36(20)24)31-15-21(22)27(38)33-16-25(29)28(2,3)39/h6-7,10-11,14-15,17,19,25,39H,4-5,8-9,13,16H2,1-3H3,(H,31,35)(H,32,37)(H,33,38). The van der Waals surface area contributed by atoms with Crippen LogP contribution in [0, 0.1) is 17.2 Å². The Labute approximate surface area is 226 Å². The second-order valence-corrected chi connectivity index (χ2v) is 10.6. The number of fused-ring (bicyclic) bond motifs is 1. The van der Waals surface area contributed by atoms with Crippen molar-refractivity contribution in [1.29, 1.82) is 5.26 Å². The van der Waals surface area contributed by atoms with E-state index in [1.807, 2.05) is 19.1 Å². The zero-order chi connectivity index (χ0) is 28.2. The molecule has 3 aromatic heterocycles. The van der Waals surface area contributed by atoms with Crippen LogP contribution in [-0.4, -0.2) is 62.4 Å². The van der Waals surface area contributed by atoms with Crippen molar-refractivity contribution in [3.63, 3.8) is 0 Å². The molecule has 3 heterocycles. The van der Waals surface area contributed by atoms with Gasteiger partial charge in [0.1, 0.15) is 12.2 Å². The molecule has 4 N–H and O–H groups in total. The molecular formula is C28H34FN7O3. The Morgan fingerprint density at radius 1 is 1.26 bits per heavy atom. The minimum Gasteiger partial charge on any atom is -0.387 e. The van der Waals surface area contributed by atoms with E-state index in [2.05, 4.69) is 32.1 Å². The summed E-state index contributed by atoms with van der Waals surface area (Å²) in [6.45, 7) is 4.93. The predicted molar refractivity (Wildman–Crippen MR) is 145 cm³/mol. The maximum Gasteiger partial charge on any atom is 0.255 e. The zero-order valence-corrected chi connectivity index (χ0v) is 22.4. The normalized spacial score (nSPS) is 17.6. The molecule has 4 rings (SSSR count). The fourth-order valence-corrected chi connectivity index (χ4v) is 4.49. The van der Waals surface area contributed by atoms with Gasteiger partial charge >= 0.3 is 0 Å². The van der Waals surface area contributed by atoms with Crippen LogP contribution in [0.5, 0.6) is 0 Å². The average molecular weight is 536 g/mol. The largest absolute Gasteiger partial charge is 0.387 e. The molecule has 1 unspecified atom stereocenters. The van der Waals surface area contributed by atoms with E-state index in [4.69, 9.17) is 5.26 Å². The number of alkyl halides is 1. The van der Waals surface area contributed by atoms with Crippen LogP contribution in [-0.2, 0) is 4.79 Å². The Morgan fingerprint density at radius 2 is 2.03 bits per heavy atom. The van der Waals surface area contributed by atoms with Crippen LogP contribution in [0.1, 0.15) is 62.4 Å². The minimum atomic E-state index is -1.64. The summed E-state index contributed by atoms with van der Waals surface area (Å²) in [5, 5.41) is 32.3. The van der Waals surface area contributed by atoms with Crippen LogP contribution >= 0.6 is 0 Å². The van der Waals surface area contributed by atoms with Crippen molar-refractivity contribution < 1.29 is 19.1 Å². The Hall–Kier alpha value is -4.04. The van der Waals surface area contributed by atoms with E-state index in [-0.39, 0.29) is 24.1 Å². The topological polar surface area (TPSA) is 144 Å². The van der Waals surface area contributed by atoms with E-state index < -0.39 is 17.7 Å². The number of nitrogens with zero attached hydrogens (tertiary/aromatic N) is 4. The lowest BCUT2D eigenvalue weighted by Crippen LogP contribution is -2.43. The van der Waals surface area contributed by atoms with Gasteiger partial charge in [-0.3, -0.25) is 14.6 Å². The molecule has 1 aliphatic carbocycles. The summed E-state index contributed by atoms with van der Waals surface area (Å²) in [7, 11) is 0. The van der Waals surface area contributed by atoms with Gasteiger partial charge in [-0.15, -0.1) is 0 Å². The number of pyridine rings is 1. The number of amides is 2. The van der Waals surface area contributed by atoms with Crippen LogP contribution in [0.4, 0.5) is 10.1 Å². The van der Waals surface area contributed by atoms with E-state index in [1.54, 1.807) is 16.6 Å². The third-order valence-corrected chi connectivity index (χ3v) is 6.91. The average Bonchev–Trinajstić information content (AvgIpc) is 3.31. The molecule has 11 heteroatoms. The number of anilines is 1. The van der Waals surface area contributed by atoms with Crippen LogP contribution in [0.2, 0.25) is 0 Å². The summed E-state index contributed by atoms with van der Waals surface area (Å²) < 4.78 is 15.9. The minimum absolute atomic E-state index is 0.0544. The molecule has 1 aliphatic rings. The van der Waals surface area contributed by atoms with Gasteiger partial charge < -0.3 is 21.1 Å². The lowest BCUT2D eigenvalue weighted by Gasteiger charge is -2.37. The van der Waals surface area contributed by atoms with Gasteiger partial charge in [0.05, 0.1) is 52.1 Å². The van der Waals surface area contributed by atoms with E-state index in [1.165, 1.54) is 26.2 Å². The highest BCUT2D eigenvalue weighted by atomic mass is 19.1. The van der Waals surface area contributed by atoms with E-state index in [9.17, 15) is 19.1 Å². The molecule has 0 radical (unpaired) electrons. The summed E-state index contributed by atoms with van der Waals surface area (Å²) in [5.41, 5.74) is 1.62. The molecule has 10 nitrogen and oxygen atoms in total. The van der Waals surface area contributed by atoms with Crippen molar-refractivity contribution in [2.45, 2.75) is 64.3 Å². The van der Waals surface area contributed by atoms with Gasteiger partial charge in [0, 0.05) is 25.2 Å². The van der Waals surface area contributed by atoms with Crippen molar-refractivity contribution in [1.82, 2.24) is 25.2 Å². The number of carbonyl (C=O) groups excluding carboxylic acids is 2. The number of nitrogens with one attached hydrogen (secondary N) is 3. The van der Waals surface area contributed by atoms with E-state index in [0.29, 0.717) is 41.5 Å². The number of rotatable bonds is 11. The number of hydrogen-bond acceptors (Lipinski definition) is 7. The van der Waals surface area contributed by atoms with E-state index >= 15 is 0 Å². The predicted octanol–water partition coefficient (Wildman–Crippen LogP) is 3.21. The number of halogens is 1. The van der Waals surface area contributed by atoms with Gasteiger partial charge in [0.15, 0.2) is 0 Å². The third kappa shape index (κ3) is 6.70. The molecule has 206 valence electrons. The fourth-order valence-electron chi connectivity index (χ4n) is 4.49. The summed E-state index contributed by atoms with van der Waals surface area (Å²) in [4.78, 5) is 29.3. The molecule has 0 saturated heterocycles. The van der Waals surface area contributed by atoms with Gasteiger partial charge in [-0.25, -0.2) is 8.91 Å². The number of nitriles is 1. The first-order chi connectivity index (χ1) is 18.6. The maximum atomic E-state index is 14.3. The molecular weight excluding hydrogens is 501 g/mol. The van der Waals surface area contributed by atoms with Gasteiger partial charge in [0.2, 0.25) is 5.91 Å². The Balaban J connectivity index is 1.54. The second kappa shape index (κ2) is 11.8. The van der Waals surface area contributed by atoms with E-state index in [0.717, 1.165) is 24.8 Å². The van der Waals surface area contributed by atoms with Crippen molar-refractivity contribution in [3.05, 3.63) is 47.8 Å². The highest BCUT2D eigenvalue weighted by Crippen LogP contribution is 2.32. The third-order valence-electron chi connectivity index (χ3n) is 6.91. The molecule has 1 atom stereocenters. The molecule has 1 saturated carbocycles. The molecule has 0 bridgehead atoms. The summed E-state index contributed by atoms with van der Waals surface area (Å²) in [6, 6.07) is 9.32. The lowest BCUT2D eigenvalue weighted by molar-refractivity contribution is -0.121. The highest BCUT2D eigenvalue weighted by molar-refractivity contribution is 6.00. The van der Waals surface area contributed by atoms with Crippen LogP contribution < -0.4 is 16.0 Å². The number of carbonyl (C=O) groups is 2. The molecule has 3 aromatic rings. The second-order valence-electron chi connectivity index (χ2n) is 10.6. The summed E-state index contributed by atoms with van der Waals surface area (Å²) in [5.74, 6) is -0.115. The van der Waals surface area contributed by atoms with Gasteiger partial charge in [-0.05, 0) is 63.3 Å². The first kappa shape index (κ1) is 28.0. The van der Waals surface area contributed by atoms with Gasteiger partial charge in [-0.2, -0.15) is 10.4 Å². The highest BCUT2D eigenvalue weighted by Gasteiger charge is 2.31. The molecule has 0 spiro atoms. The monoisotopic (exact) mass is 535 g/mol. The van der Waals surface area contributed by atoms with Crippen molar-refractivity contribution >= 4 is 23.0 Å². The molecule has 0 aromatic carbocycles. The number of aromatic nitrogens is 3. The Morgan fingerprint density at radius 3 is 2.72 bits per heavy atom. The number of aliphatic hydroxyl groups is 1. The SMILES string of the molecule is CCCC(=O)NCC1CC(Nc2cc(-c3ccc4cc(C#N)cnn34)ncc2C(=O)NCC(F)C(C)(C)O)C1. The quantitative estimate of drug-likeness (QED) is 0.295. The molecule has 39 heavy (non-hydrogen) atoms.